The standard InChI is InChI=1S/C30H38N4O2/c1-21(28(35)17-14-23-12-15-26-24(20-23)18-19-32-29(26)31)33-30(36)27(34-25-10-6-3-7-11-25)16-13-22-8-4-2-5-9-22/h2,4-5,8-9,12,15,18-21,25,27,34H,3,6-7,10-11,13-14,16-17H2,1H3,(H2,31,32)(H,33,36)/t21-,27+/m0/s1. The lowest BCUT2D eigenvalue weighted by Gasteiger charge is -2.29. The van der Waals surface area contributed by atoms with Gasteiger partial charge in [0.15, 0.2) is 5.78 Å². The Hall–Kier alpha value is -3.25. The maximum Gasteiger partial charge on any atom is 0.237 e. The number of rotatable bonds is 11. The normalized spacial score (nSPS) is 15.9. The van der Waals surface area contributed by atoms with E-state index in [4.69, 9.17) is 5.73 Å². The number of carbonyl (C=O) groups is 2. The summed E-state index contributed by atoms with van der Waals surface area (Å²) in [5.74, 6) is 0.471. The van der Waals surface area contributed by atoms with Crippen molar-refractivity contribution >= 4 is 28.3 Å². The number of hydrogen-bond acceptors (Lipinski definition) is 5. The van der Waals surface area contributed by atoms with Crippen molar-refractivity contribution in [3.8, 4) is 0 Å². The van der Waals surface area contributed by atoms with Gasteiger partial charge in [-0.1, -0.05) is 67.8 Å². The van der Waals surface area contributed by atoms with E-state index in [0.29, 0.717) is 31.1 Å². The van der Waals surface area contributed by atoms with Gasteiger partial charge in [-0.2, -0.15) is 0 Å². The number of aromatic nitrogens is 1. The largest absolute Gasteiger partial charge is 0.383 e. The first-order valence-corrected chi connectivity index (χ1v) is 13.3. The summed E-state index contributed by atoms with van der Waals surface area (Å²) in [5.41, 5.74) is 8.23. The van der Waals surface area contributed by atoms with Crippen LogP contribution < -0.4 is 16.4 Å². The number of carbonyl (C=O) groups excluding carboxylic acids is 2. The van der Waals surface area contributed by atoms with Crippen LogP contribution in [0.25, 0.3) is 10.8 Å². The lowest BCUT2D eigenvalue weighted by Crippen LogP contribution is -2.52. The molecule has 1 fully saturated rings. The van der Waals surface area contributed by atoms with Crippen molar-refractivity contribution < 1.29 is 9.59 Å². The molecule has 3 aromatic rings. The molecule has 0 aliphatic heterocycles. The number of nitrogen functional groups attached to an aromatic ring is 1. The highest BCUT2D eigenvalue weighted by atomic mass is 16.2. The Kier molecular flexibility index (Phi) is 9.06. The molecule has 36 heavy (non-hydrogen) atoms. The number of hydrogen-bond donors (Lipinski definition) is 3. The topological polar surface area (TPSA) is 97.1 Å². The Labute approximate surface area is 214 Å². The van der Waals surface area contributed by atoms with E-state index in [2.05, 4.69) is 33.8 Å². The molecule has 4 N–H and O–H groups in total. The Morgan fingerprint density at radius 2 is 1.78 bits per heavy atom. The fourth-order valence-corrected chi connectivity index (χ4v) is 5.08. The van der Waals surface area contributed by atoms with Gasteiger partial charge in [-0.3, -0.25) is 9.59 Å². The van der Waals surface area contributed by atoms with Crippen LogP contribution in [0.4, 0.5) is 5.82 Å². The molecule has 0 spiro atoms. The van der Waals surface area contributed by atoms with Gasteiger partial charge in [-0.25, -0.2) is 4.98 Å². The third-order valence-electron chi connectivity index (χ3n) is 7.28. The minimum atomic E-state index is -0.523. The molecule has 0 saturated heterocycles. The molecule has 0 radical (unpaired) electrons. The van der Waals surface area contributed by atoms with E-state index in [9.17, 15) is 9.59 Å². The van der Waals surface area contributed by atoms with E-state index in [0.717, 1.165) is 35.6 Å². The highest BCUT2D eigenvalue weighted by molar-refractivity contribution is 5.92. The molecule has 1 aliphatic carbocycles. The molecule has 2 atom stereocenters. The van der Waals surface area contributed by atoms with Crippen LogP contribution in [0.15, 0.2) is 60.8 Å². The van der Waals surface area contributed by atoms with Crippen molar-refractivity contribution in [2.24, 2.45) is 0 Å². The van der Waals surface area contributed by atoms with Crippen LogP contribution in [-0.2, 0) is 22.4 Å². The first-order valence-electron chi connectivity index (χ1n) is 13.3. The van der Waals surface area contributed by atoms with E-state index in [1.165, 1.54) is 24.8 Å². The number of pyridine rings is 1. The minimum absolute atomic E-state index is 0.0390. The molecular formula is C30H38N4O2. The molecular weight excluding hydrogens is 448 g/mol. The second kappa shape index (κ2) is 12.6. The van der Waals surface area contributed by atoms with Gasteiger partial charge in [-0.15, -0.1) is 0 Å². The van der Waals surface area contributed by atoms with E-state index < -0.39 is 6.04 Å². The van der Waals surface area contributed by atoms with Crippen LogP contribution >= 0.6 is 0 Å². The summed E-state index contributed by atoms with van der Waals surface area (Å²) in [7, 11) is 0. The van der Waals surface area contributed by atoms with Crippen molar-refractivity contribution in [2.75, 3.05) is 5.73 Å². The van der Waals surface area contributed by atoms with Crippen LogP contribution in [0.1, 0.15) is 63.0 Å². The van der Waals surface area contributed by atoms with Gasteiger partial charge in [0.2, 0.25) is 5.91 Å². The molecule has 1 aromatic heterocycles. The molecule has 190 valence electrons. The zero-order valence-corrected chi connectivity index (χ0v) is 21.2. The van der Waals surface area contributed by atoms with Gasteiger partial charge in [0.05, 0.1) is 12.1 Å². The van der Waals surface area contributed by atoms with Crippen LogP contribution in [0, 0.1) is 0 Å². The molecule has 6 nitrogen and oxygen atoms in total. The summed E-state index contributed by atoms with van der Waals surface area (Å²) in [4.78, 5) is 30.3. The van der Waals surface area contributed by atoms with Crippen LogP contribution in [0.3, 0.4) is 0 Å². The Morgan fingerprint density at radius 1 is 1.00 bits per heavy atom. The SMILES string of the molecule is C[C@H](NC(=O)[C@@H](CCc1ccccc1)NC1CCCCC1)C(=O)CCc1ccc2c(N)nccc2c1. The number of nitrogens with zero attached hydrogens (tertiary/aromatic N) is 1. The van der Waals surface area contributed by atoms with Crippen molar-refractivity contribution in [1.82, 2.24) is 15.6 Å². The third kappa shape index (κ3) is 7.14. The van der Waals surface area contributed by atoms with Crippen molar-refractivity contribution in [2.45, 2.75) is 82.8 Å². The number of anilines is 1. The van der Waals surface area contributed by atoms with E-state index in [1.54, 1.807) is 13.1 Å². The molecule has 1 heterocycles. The van der Waals surface area contributed by atoms with Crippen LogP contribution in [-0.4, -0.2) is 34.8 Å². The minimum Gasteiger partial charge on any atom is -0.383 e. The van der Waals surface area contributed by atoms with E-state index in [-0.39, 0.29) is 17.7 Å². The van der Waals surface area contributed by atoms with Gasteiger partial charge < -0.3 is 16.4 Å². The quantitative estimate of drug-likeness (QED) is 0.363. The lowest BCUT2D eigenvalue weighted by molar-refractivity contribution is -0.129. The number of fused-ring (bicyclic) bond motifs is 1. The van der Waals surface area contributed by atoms with E-state index >= 15 is 0 Å². The van der Waals surface area contributed by atoms with Gasteiger partial charge in [0, 0.05) is 24.0 Å². The van der Waals surface area contributed by atoms with Gasteiger partial charge in [-0.05, 0) is 61.6 Å². The summed E-state index contributed by atoms with van der Waals surface area (Å²) >= 11 is 0. The number of nitrogens with one attached hydrogen (secondary N) is 2. The zero-order chi connectivity index (χ0) is 25.3. The Balaban J connectivity index is 1.33. The number of nitrogens with two attached hydrogens (primary N) is 1. The smallest absolute Gasteiger partial charge is 0.237 e. The number of aryl methyl sites for hydroxylation is 2. The van der Waals surface area contributed by atoms with Crippen molar-refractivity contribution in [3.63, 3.8) is 0 Å². The van der Waals surface area contributed by atoms with E-state index in [1.807, 2.05) is 36.4 Å². The lowest BCUT2D eigenvalue weighted by atomic mass is 9.94. The summed E-state index contributed by atoms with van der Waals surface area (Å²) < 4.78 is 0. The molecule has 0 unspecified atom stereocenters. The molecule has 1 saturated carbocycles. The fraction of sp³-hybridized carbons (Fsp3) is 0.433. The van der Waals surface area contributed by atoms with Gasteiger partial charge >= 0.3 is 0 Å². The molecule has 4 rings (SSSR count). The third-order valence-corrected chi connectivity index (χ3v) is 7.28. The molecule has 2 aromatic carbocycles. The van der Waals surface area contributed by atoms with Gasteiger partial charge in [0.25, 0.3) is 0 Å². The Bertz CT molecular complexity index is 1160. The Morgan fingerprint density at radius 3 is 2.56 bits per heavy atom. The number of Topliss-reactive ketones (excluding diaryl/α,β-unsaturated/α-hetero) is 1. The summed E-state index contributed by atoms with van der Waals surface area (Å²) in [5, 5.41) is 8.55. The monoisotopic (exact) mass is 486 g/mol. The molecule has 1 amide bonds. The number of ketones is 1. The van der Waals surface area contributed by atoms with Crippen molar-refractivity contribution in [1.29, 1.82) is 0 Å². The number of benzene rings is 2. The van der Waals surface area contributed by atoms with Crippen LogP contribution in [0.5, 0.6) is 0 Å². The highest BCUT2D eigenvalue weighted by Crippen LogP contribution is 2.21. The molecule has 0 bridgehead atoms. The maximum atomic E-state index is 13.3. The average Bonchev–Trinajstić information content (AvgIpc) is 2.90. The predicted molar refractivity (Wildman–Crippen MR) is 146 cm³/mol. The molecule has 6 heteroatoms. The summed E-state index contributed by atoms with van der Waals surface area (Å²) in [6.45, 7) is 1.79. The average molecular weight is 487 g/mol. The second-order valence-electron chi connectivity index (χ2n) is 10.0. The number of amides is 1. The van der Waals surface area contributed by atoms with Crippen molar-refractivity contribution in [3.05, 3.63) is 71.9 Å². The predicted octanol–water partition coefficient (Wildman–Crippen LogP) is 4.75. The second-order valence-corrected chi connectivity index (χ2v) is 10.0. The van der Waals surface area contributed by atoms with Crippen LogP contribution in [0.2, 0.25) is 0 Å². The summed E-state index contributed by atoms with van der Waals surface area (Å²) in [6, 6.07) is 17.7. The first kappa shape index (κ1) is 25.8. The van der Waals surface area contributed by atoms with Gasteiger partial charge in [0.1, 0.15) is 5.82 Å². The highest BCUT2D eigenvalue weighted by Gasteiger charge is 2.26. The molecule has 1 aliphatic rings. The maximum absolute atomic E-state index is 13.3. The summed E-state index contributed by atoms with van der Waals surface area (Å²) in [6.07, 6.45) is 10.1. The fourth-order valence-electron chi connectivity index (χ4n) is 5.08. The first-order chi connectivity index (χ1) is 17.5. The zero-order valence-electron chi connectivity index (χ0n) is 21.2.